The lowest BCUT2D eigenvalue weighted by Gasteiger charge is -2.47. The van der Waals surface area contributed by atoms with E-state index in [1.165, 1.54) is 43.2 Å². The summed E-state index contributed by atoms with van der Waals surface area (Å²) in [5.74, 6) is 2.12. The smallest absolute Gasteiger partial charge is 0.123 e. The van der Waals surface area contributed by atoms with Crippen molar-refractivity contribution in [3.05, 3.63) is 23.3 Å². The van der Waals surface area contributed by atoms with E-state index in [4.69, 9.17) is 9.47 Å². The molecule has 1 saturated carbocycles. The molecule has 2 aliphatic rings. The van der Waals surface area contributed by atoms with Crippen LogP contribution < -0.4 is 9.47 Å². The Morgan fingerprint density at radius 2 is 1.59 bits per heavy atom. The van der Waals surface area contributed by atoms with E-state index in [-0.39, 0.29) is 0 Å². The van der Waals surface area contributed by atoms with Gasteiger partial charge in [-0.25, -0.2) is 0 Å². The monoisotopic (exact) mass is 232 g/mol. The Morgan fingerprint density at radius 1 is 0.941 bits per heavy atom. The summed E-state index contributed by atoms with van der Waals surface area (Å²) in [5, 5.41) is 0. The van der Waals surface area contributed by atoms with Gasteiger partial charge in [0.2, 0.25) is 0 Å². The number of hydrogen-bond donors (Lipinski definition) is 0. The van der Waals surface area contributed by atoms with Crippen molar-refractivity contribution in [2.75, 3.05) is 14.2 Å². The van der Waals surface area contributed by atoms with Crippen LogP contribution in [0.4, 0.5) is 0 Å². The molecule has 0 N–H and O–H groups in total. The third-order valence-electron chi connectivity index (χ3n) is 4.59. The van der Waals surface area contributed by atoms with Crippen molar-refractivity contribution in [2.45, 2.75) is 43.9 Å². The number of benzene rings is 1. The molecule has 0 saturated heterocycles. The van der Waals surface area contributed by atoms with Gasteiger partial charge in [-0.2, -0.15) is 0 Å². The Hall–Kier alpha value is -1.18. The van der Waals surface area contributed by atoms with Gasteiger partial charge < -0.3 is 9.47 Å². The van der Waals surface area contributed by atoms with Crippen molar-refractivity contribution >= 4 is 0 Å². The molecule has 2 nitrogen and oxygen atoms in total. The maximum Gasteiger partial charge on any atom is 0.123 e. The van der Waals surface area contributed by atoms with Gasteiger partial charge in [0.25, 0.3) is 0 Å². The van der Waals surface area contributed by atoms with Crippen LogP contribution in [0.5, 0.6) is 11.5 Å². The minimum atomic E-state index is 0.410. The topological polar surface area (TPSA) is 18.5 Å². The van der Waals surface area contributed by atoms with Gasteiger partial charge in [0.05, 0.1) is 14.2 Å². The average Bonchev–Trinajstić information content (AvgIpc) is 2.34. The highest BCUT2D eigenvalue weighted by Gasteiger charge is 2.44. The van der Waals surface area contributed by atoms with Gasteiger partial charge in [0.15, 0.2) is 0 Å². The van der Waals surface area contributed by atoms with Gasteiger partial charge in [-0.05, 0) is 49.7 Å². The summed E-state index contributed by atoms with van der Waals surface area (Å²) in [6.45, 7) is 0. The van der Waals surface area contributed by atoms with Crippen molar-refractivity contribution < 1.29 is 9.47 Å². The van der Waals surface area contributed by atoms with Gasteiger partial charge in [0.1, 0.15) is 11.5 Å². The minimum Gasteiger partial charge on any atom is -0.496 e. The first-order valence-corrected chi connectivity index (χ1v) is 6.55. The van der Waals surface area contributed by atoms with E-state index in [9.17, 15) is 0 Å². The highest BCUT2D eigenvalue weighted by molar-refractivity contribution is 5.54. The van der Waals surface area contributed by atoms with Crippen LogP contribution in [-0.2, 0) is 11.8 Å². The van der Waals surface area contributed by atoms with E-state index in [1.54, 1.807) is 14.2 Å². The summed E-state index contributed by atoms with van der Waals surface area (Å²) in [5.41, 5.74) is 3.27. The predicted molar refractivity (Wildman–Crippen MR) is 68.0 cm³/mol. The molecule has 1 aromatic carbocycles. The molecule has 0 aliphatic heterocycles. The molecule has 1 fully saturated rings. The lowest BCUT2D eigenvalue weighted by atomic mass is 9.58. The number of hydrogen-bond acceptors (Lipinski definition) is 2. The van der Waals surface area contributed by atoms with E-state index in [0.29, 0.717) is 5.41 Å². The molecule has 3 rings (SSSR count). The van der Waals surface area contributed by atoms with Crippen molar-refractivity contribution in [3.8, 4) is 11.5 Å². The summed E-state index contributed by atoms with van der Waals surface area (Å²) in [4.78, 5) is 0. The zero-order valence-electron chi connectivity index (χ0n) is 10.7. The molecule has 0 amide bonds. The Bertz CT molecular complexity index is 433. The third-order valence-corrected chi connectivity index (χ3v) is 4.59. The van der Waals surface area contributed by atoms with E-state index >= 15 is 0 Å². The SMILES string of the molecule is COc1ccc(OC)c2c1CCCC21CCC1. The van der Waals surface area contributed by atoms with Crippen molar-refractivity contribution in [3.63, 3.8) is 0 Å². The summed E-state index contributed by atoms with van der Waals surface area (Å²) in [6.07, 6.45) is 7.75. The third kappa shape index (κ3) is 1.46. The fourth-order valence-electron chi connectivity index (χ4n) is 3.63. The Labute approximate surface area is 103 Å². The van der Waals surface area contributed by atoms with Crippen LogP contribution >= 0.6 is 0 Å². The lowest BCUT2D eigenvalue weighted by Crippen LogP contribution is -2.38. The van der Waals surface area contributed by atoms with Gasteiger partial charge >= 0.3 is 0 Å². The predicted octanol–water partition coefficient (Wildman–Crippen LogP) is 3.46. The first-order chi connectivity index (χ1) is 8.30. The van der Waals surface area contributed by atoms with Crippen molar-refractivity contribution in [1.82, 2.24) is 0 Å². The second kappa shape index (κ2) is 3.94. The number of fused-ring (bicyclic) bond motifs is 2. The molecule has 17 heavy (non-hydrogen) atoms. The quantitative estimate of drug-likeness (QED) is 0.777. The van der Waals surface area contributed by atoms with Crippen LogP contribution in [0.15, 0.2) is 12.1 Å². The minimum absolute atomic E-state index is 0.410. The second-order valence-corrected chi connectivity index (χ2v) is 5.31. The Kier molecular flexibility index (Phi) is 2.53. The van der Waals surface area contributed by atoms with E-state index in [0.717, 1.165) is 17.9 Å². The molecule has 92 valence electrons. The van der Waals surface area contributed by atoms with Crippen LogP contribution in [0.3, 0.4) is 0 Å². The number of methoxy groups -OCH3 is 2. The molecule has 1 aromatic rings. The van der Waals surface area contributed by atoms with Gasteiger partial charge in [-0.15, -0.1) is 0 Å². The largest absolute Gasteiger partial charge is 0.496 e. The molecule has 0 aromatic heterocycles. The number of rotatable bonds is 2. The fourth-order valence-corrected chi connectivity index (χ4v) is 3.63. The second-order valence-electron chi connectivity index (χ2n) is 5.31. The van der Waals surface area contributed by atoms with Gasteiger partial charge in [0, 0.05) is 11.1 Å². The highest BCUT2D eigenvalue weighted by Crippen LogP contribution is 2.55. The maximum atomic E-state index is 5.59. The highest BCUT2D eigenvalue weighted by atomic mass is 16.5. The Morgan fingerprint density at radius 3 is 2.18 bits per heavy atom. The first kappa shape index (κ1) is 10.9. The molecular weight excluding hydrogens is 212 g/mol. The summed E-state index contributed by atoms with van der Waals surface area (Å²) in [6, 6.07) is 4.12. The summed E-state index contributed by atoms with van der Waals surface area (Å²) >= 11 is 0. The van der Waals surface area contributed by atoms with E-state index < -0.39 is 0 Å². The van der Waals surface area contributed by atoms with Crippen molar-refractivity contribution in [1.29, 1.82) is 0 Å². The molecule has 1 spiro atoms. The molecule has 0 atom stereocenters. The summed E-state index contributed by atoms with van der Waals surface area (Å²) in [7, 11) is 3.55. The summed E-state index contributed by atoms with van der Waals surface area (Å²) < 4.78 is 11.1. The first-order valence-electron chi connectivity index (χ1n) is 6.55. The maximum absolute atomic E-state index is 5.59. The zero-order valence-corrected chi connectivity index (χ0v) is 10.7. The number of ether oxygens (including phenoxy) is 2. The van der Waals surface area contributed by atoms with E-state index in [2.05, 4.69) is 12.1 Å². The molecule has 2 heteroatoms. The average molecular weight is 232 g/mol. The van der Waals surface area contributed by atoms with Crippen LogP contribution in [0, 0.1) is 0 Å². The van der Waals surface area contributed by atoms with Crippen molar-refractivity contribution in [2.24, 2.45) is 0 Å². The zero-order chi connectivity index (χ0) is 11.9. The molecule has 0 unspecified atom stereocenters. The molecule has 0 radical (unpaired) electrons. The molecule has 2 aliphatic carbocycles. The molecular formula is C15H20O2. The van der Waals surface area contributed by atoms with Crippen LogP contribution in [0.25, 0.3) is 0 Å². The van der Waals surface area contributed by atoms with Gasteiger partial charge in [-0.1, -0.05) is 6.42 Å². The van der Waals surface area contributed by atoms with Crippen LogP contribution in [0.2, 0.25) is 0 Å². The molecule has 0 bridgehead atoms. The van der Waals surface area contributed by atoms with Crippen LogP contribution in [0.1, 0.15) is 43.2 Å². The lowest BCUT2D eigenvalue weighted by molar-refractivity contribution is 0.199. The van der Waals surface area contributed by atoms with Crippen LogP contribution in [-0.4, -0.2) is 14.2 Å². The standard InChI is InChI=1S/C15H20O2/c1-16-12-6-7-13(17-2)14-11(12)5-3-8-15(14)9-4-10-15/h6-7H,3-5,8-10H2,1-2H3. The van der Waals surface area contributed by atoms with Gasteiger partial charge in [-0.3, -0.25) is 0 Å². The fraction of sp³-hybridized carbons (Fsp3) is 0.600. The Balaban J connectivity index is 2.18. The normalized spacial score (nSPS) is 20.6. The molecule has 0 heterocycles. The van der Waals surface area contributed by atoms with E-state index in [1.807, 2.05) is 0 Å².